The summed E-state index contributed by atoms with van der Waals surface area (Å²) < 4.78 is 0. The van der Waals surface area contributed by atoms with Crippen molar-refractivity contribution < 1.29 is 4.79 Å². The molecule has 1 aromatic carbocycles. The molecule has 2 aromatic rings. The van der Waals surface area contributed by atoms with E-state index in [0.717, 1.165) is 45.0 Å². The fourth-order valence-corrected chi connectivity index (χ4v) is 5.05. The maximum Gasteiger partial charge on any atom is 0.224 e. The fraction of sp³-hybridized carbons (Fsp3) is 0.478. The van der Waals surface area contributed by atoms with Crippen molar-refractivity contribution in [3.8, 4) is 0 Å². The lowest BCUT2D eigenvalue weighted by molar-refractivity contribution is -0.131. The second-order valence-electron chi connectivity index (χ2n) is 8.09. The van der Waals surface area contributed by atoms with Gasteiger partial charge in [0.25, 0.3) is 0 Å². The van der Waals surface area contributed by atoms with Gasteiger partial charge >= 0.3 is 0 Å². The first-order valence-corrected chi connectivity index (χ1v) is 11.6. The smallest absolute Gasteiger partial charge is 0.224 e. The van der Waals surface area contributed by atoms with Gasteiger partial charge in [0.2, 0.25) is 5.91 Å². The molecule has 2 N–H and O–H groups in total. The Bertz CT molecular complexity index is 891. The van der Waals surface area contributed by atoms with Crippen LogP contribution in [0.1, 0.15) is 28.8 Å². The van der Waals surface area contributed by atoms with Crippen molar-refractivity contribution in [1.29, 1.82) is 0 Å². The molecule has 1 unspecified atom stereocenters. The molecule has 1 amide bonds. The zero-order valence-corrected chi connectivity index (χ0v) is 18.7. The van der Waals surface area contributed by atoms with E-state index in [4.69, 9.17) is 0 Å². The Balaban J connectivity index is 1.20. The van der Waals surface area contributed by atoms with Gasteiger partial charge in [-0.1, -0.05) is 17.7 Å². The number of carbonyl (C=O) groups excluding carboxylic acids is 1. The minimum atomic E-state index is 0.209. The van der Waals surface area contributed by atoms with Gasteiger partial charge < -0.3 is 20.4 Å². The molecule has 160 valence electrons. The van der Waals surface area contributed by atoms with Crippen LogP contribution in [0.3, 0.4) is 0 Å². The standard InChI is InChI=1S/C23H31N5OS/c1-17-3-5-20(6-4-17)27-12-8-19(16-27)26-23(24-2)25-11-7-22(29)28-13-9-21-18(15-28)10-14-30-21/h3-6,10,14,19H,7-9,11-13,15-16H2,1-2H3,(H2,24,25,26). The van der Waals surface area contributed by atoms with Crippen LogP contribution in [0, 0.1) is 6.92 Å². The summed E-state index contributed by atoms with van der Waals surface area (Å²) in [5.41, 5.74) is 3.87. The number of fused-ring (bicyclic) bond motifs is 1. The van der Waals surface area contributed by atoms with Gasteiger partial charge in [0.1, 0.15) is 0 Å². The van der Waals surface area contributed by atoms with Gasteiger partial charge in [-0.3, -0.25) is 9.79 Å². The predicted molar refractivity (Wildman–Crippen MR) is 124 cm³/mol. The first kappa shape index (κ1) is 20.7. The van der Waals surface area contributed by atoms with Crippen LogP contribution in [0.4, 0.5) is 5.69 Å². The Morgan fingerprint density at radius 3 is 2.87 bits per heavy atom. The number of thiophene rings is 1. The molecule has 1 aromatic heterocycles. The van der Waals surface area contributed by atoms with Crippen molar-refractivity contribution in [2.24, 2.45) is 4.99 Å². The van der Waals surface area contributed by atoms with Crippen molar-refractivity contribution in [3.63, 3.8) is 0 Å². The molecular formula is C23H31N5OS. The second-order valence-corrected chi connectivity index (χ2v) is 9.10. The van der Waals surface area contributed by atoms with Crippen LogP contribution in [0.15, 0.2) is 40.7 Å². The highest BCUT2D eigenvalue weighted by atomic mass is 32.1. The van der Waals surface area contributed by atoms with E-state index in [1.54, 1.807) is 18.4 Å². The van der Waals surface area contributed by atoms with E-state index in [0.29, 0.717) is 19.0 Å². The Morgan fingerprint density at radius 1 is 1.23 bits per heavy atom. The van der Waals surface area contributed by atoms with Crippen LogP contribution in [0.2, 0.25) is 0 Å². The van der Waals surface area contributed by atoms with E-state index in [1.165, 1.54) is 21.7 Å². The topological polar surface area (TPSA) is 60.0 Å². The first-order chi connectivity index (χ1) is 14.6. The summed E-state index contributed by atoms with van der Waals surface area (Å²) >= 11 is 1.80. The average Bonchev–Trinajstić information content (AvgIpc) is 3.42. The lowest BCUT2D eigenvalue weighted by Crippen LogP contribution is -2.45. The average molecular weight is 426 g/mol. The van der Waals surface area contributed by atoms with Crippen LogP contribution in [-0.2, 0) is 17.8 Å². The quantitative estimate of drug-likeness (QED) is 0.571. The molecule has 0 saturated carbocycles. The van der Waals surface area contributed by atoms with Crippen molar-refractivity contribution in [3.05, 3.63) is 51.7 Å². The Hall–Kier alpha value is -2.54. The summed E-state index contributed by atoms with van der Waals surface area (Å²) in [4.78, 5) is 22.7. The molecule has 2 aliphatic rings. The van der Waals surface area contributed by atoms with Crippen LogP contribution < -0.4 is 15.5 Å². The molecule has 1 saturated heterocycles. The van der Waals surface area contributed by atoms with E-state index in [9.17, 15) is 4.79 Å². The molecule has 6 nitrogen and oxygen atoms in total. The molecule has 4 rings (SSSR count). The summed E-state index contributed by atoms with van der Waals surface area (Å²) in [6.45, 7) is 6.29. The minimum absolute atomic E-state index is 0.209. The summed E-state index contributed by atoms with van der Waals surface area (Å²) in [6, 6.07) is 11.2. The molecule has 1 atom stereocenters. The molecule has 0 spiro atoms. The van der Waals surface area contributed by atoms with Gasteiger partial charge in [-0.05, 0) is 48.9 Å². The number of nitrogens with one attached hydrogen (secondary N) is 2. The van der Waals surface area contributed by atoms with E-state index in [1.807, 2.05) is 4.90 Å². The van der Waals surface area contributed by atoms with Gasteiger partial charge in [0.15, 0.2) is 5.96 Å². The highest BCUT2D eigenvalue weighted by molar-refractivity contribution is 7.10. The molecule has 0 radical (unpaired) electrons. The molecule has 0 aliphatic carbocycles. The molecule has 7 heteroatoms. The first-order valence-electron chi connectivity index (χ1n) is 10.7. The van der Waals surface area contributed by atoms with E-state index in [-0.39, 0.29) is 5.91 Å². The van der Waals surface area contributed by atoms with Gasteiger partial charge in [-0.25, -0.2) is 0 Å². The third-order valence-corrected chi connectivity index (χ3v) is 6.97. The summed E-state index contributed by atoms with van der Waals surface area (Å²) in [7, 11) is 1.78. The van der Waals surface area contributed by atoms with E-state index < -0.39 is 0 Å². The maximum absolute atomic E-state index is 12.6. The van der Waals surface area contributed by atoms with Gasteiger partial charge in [-0.15, -0.1) is 11.3 Å². The van der Waals surface area contributed by atoms with Crippen LogP contribution in [0.5, 0.6) is 0 Å². The van der Waals surface area contributed by atoms with E-state index >= 15 is 0 Å². The number of hydrogen-bond acceptors (Lipinski definition) is 4. The summed E-state index contributed by atoms with van der Waals surface area (Å²) in [6.07, 6.45) is 2.54. The number of rotatable bonds is 5. The van der Waals surface area contributed by atoms with Crippen molar-refractivity contribution >= 4 is 28.9 Å². The summed E-state index contributed by atoms with van der Waals surface area (Å²) in [5.74, 6) is 0.985. The number of guanidine groups is 1. The van der Waals surface area contributed by atoms with Crippen molar-refractivity contribution in [2.45, 2.75) is 38.8 Å². The number of nitrogens with zero attached hydrogens (tertiary/aromatic N) is 3. The van der Waals surface area contributed by atoms with Crippen LogP contribution in [0.25, 0.3) is 0 Å². The third-order valence-electron chi connectivity index (χ3n) is 5.94. The van der Waals surface area contributed by atoms with Gasteiger partial charge in [-0.2, -0.15) is 0 Å². The van der Waals surface area contributed by atoms with Gasteiger partial charge in [0.05, 0.1) is 0 Å². The fourth-order valence-electron chi connectivity index (χ4n) is 4.16. The zero-order valence-electron chi connectivity index (χ0n) is 17.9. The normalized spacial score (nSPS) is 19.0. The molecule has 1 fully saturated rings. The number of aliphatic imine (C=N–C) groups is 1. The predicted octanol–water partition coefficient (Wildman–Crippen LogP) is 2.78. The van der Waals surface area contributed by atoms with Crippen molar-refractivity contribution in [2.75, 3.05) is 38.1 Å². The molecule has 2 aliphatic heterocycles. The largest absolute Gasteiger partial charge is 0.369 e. The number of aryl methyl sites for hydroxylation is 1. The lowest BCUT2D eigenvalue weighted by Gasteiger charge is -2.27. The van der Waals surface area contributed by atoms with Crippen molar-refractivity contribution in [1.82, 2.24) is 15.5 Å². The maximum atomic E-state index is 12.6. The number of amides is 1. The molecular weight excluding hydrogens is 394 g/mol. The zero-order chi connectivity index (χ0) is 20.9. The molecule has 3 heterocycles. The van der Waals surface area contributed by atoms with Crippen LogP contribution >= 0.6 is 11.3 Å². The Morgan fingerprint density at radius 2 is 2.07 bits per heavy atom. The highest BCUT2D eigenvalue weighted by Crippen LogP contribution is 2.24. The van der Waals surface area contributed by atoms with Gasteiger partial charge in [0, 0.05) is 62.8 Å². The molecule has 30 heavy (non-hydrogen) atoms. The monoisotopic (exact) mass is 425 g/mol. The number of benzene rings is 1. The van der Waals surface area contributed by atoms with Crippen LogP contribution in [-0.4, -0.2) is 56.0 Å². The number of carbonyl (C=O) groups is 1. The number of hydrogen-bond donors (Lipinski definition) is 2. The molecule has 0 bridgehead atoms. The lowest BCUT2D eigenvalue weighted by atomic mass is 10.1. The second kappa shape index (κ2) is 9.51. The summed E-state index contributed by atoms with van der Waals surface area (Å²) in [5, 5.41) is 8.95. The Labute approximate surface area is 183 Å². The highest BCUT2D eigenvalue weighted by Gasteiger charge is 2.24. The van der Waals surface area contributed by atoms with E-state index in [2.05, 4.69) is 63.2 Å². The Kier molecular flexibility index (Phi) is 6.57. The SMILES string of the molecule is CN=C(NCCC(=O)N1CCc2sccc2C1)NC1CCN(c2ccc(C)cc2)C1. The number of anilines is 1. The minimum Gasteiger partial charge on any atom is -0.369 e. The third kappa shape index (κ3) is 4.95.